The first-order valence-corrected chi connectivity index (χ1v) is 4.13. The predicted octanol–water partition coefficient (Wildman–Crippen LogP) is 0.230. The van der Waals surface area contributed by atoms with Crippen molar-refractivity contribution < 1.29 is 19.7 Å². The maximum Gasteiger partial charge on any atom is 0.220 e. The molecule has 0 aromatic heterocycles. The van der Waals surface area contributed by atoms with Gasteiger partial charge in [0.15, 0.2) is 0 Å². The molecule has 0 aliphatic heterocycles. The van der Waals surface area contributed by atoms with Gasteiger partial charge >= 0.3 is 0 Å². The minimum Gasteiger partial charge on any atom is -0.361 e. The third-order valence-electron chi connectivity index (χ3n) is 2.57. The van der Waals surface area contributed by atoms with Crippen LogP contribution in [0.15, 0.2) is 0 Å². The van der Waals surface area contributed by atoms with Gasteiger partial charge in [-0.15, -0.1) is 0 Å². The molecule has 0 aromatic rings. The van der Waals surface area contributed by atoms with Gasteiger partial charge in [-0.05, 0) is 12.8 Å². The molecule has 72 valence electrons. The van der Waals surface area contributed by atoms with E-state index in [1.165, 1.54) is 14.2 Å². The van der Waals surface area contributed by atoms with E-state index < -0.39 is 11.6 Å². The Morgan fingerprint density at radius 3 is 1.50 bits per heavy atom. The molecule has 1 rings (SSSR count). The molecule has 0 heterocycles. The van der Waals surface area contributed by atoms with E-state index in [0.29, 0.717) is 12.8 Å². The molecule has 12 heavy (non-hydrogen) atoms. The zero-order chi connectivity index (χ0) is 9.24. The molecule has 4 nitrogen and oxygen atoms in total. The monoisotopic (exact) mass is 176 g/mol. The number of rotatable bonds is 2. The first kappa shape index (κ1) is 9.92. The van der Waals surface area contributed by atoms with Crippen LogP contribution in [0.4, 0.5) is 0 Å². The normalized spacial score (nSPS) is 43.0. The summed E-state index contributed by atoms with van der Waals surface area (Å²) in [6.07, 6.45) is 2.51. The summed E-state index contributed by atoms with van der Waals surface area (Å²) in [5.74, 6) is -3.08. The molecule has 0 amide bonds. The number of ether oxygens (including phenoxy) is 2. The number of hydrogen-bond donors (Lipinski definition) is 2. The third kappa shape index (κ3) is 1.35. The lowest BCUT2D eigenvalue weighted by Gasteiger charge is -2.43. The molecular weight excluding hydrogens is 160 g/mol. The molecule has 1 saturated carbocycles. The molecule has 0 saturated heterocycles. The van der Waals surface area contributed by atoms with Gasteiger partial charge in [0.1, 0.15) is 0 Å². The van der Waals surface area contributed by atoms with Crippen molar-refractivity contribution in [2.75, 3.05) is 14.2 Å². The number of aliphatic hydroxyl groups is 2. The first-order valence-electron chi connectivity index (χ1n) is 4.13. The highest BCUT2D eigenvalue weighted by atomic mass is 16.7. The van der Waals surface area contributed by atoms with Crippen molar-refractivity contribution in [2.24, 2.45) is 0 Å². The summed E-state index contributed by atoms with van der Waals surface area (Å²) in [5, 5.41) is 19.6. The Balaban J connectivity index is 2.79. The SMILES string of the molecule is COC1(O)CCCCC1(O)OC. The van der Waals surface area contributed by atoms with Crippen LogP contribution in [0.2, 0.25) is 0 Å². The Labute approximate surface area is 72.1 Å². The summed E-state index contributed by atoms with van der Waals surface area (Å²) in [5.41, 5.74) is 0. The van der Waals surface area contributed by atoms with E-state index in [1.54, 1.807) is 0 Å². The first-order chi connectivity index (χ1) is 5.58. The quantitative estimate of drug-likeness (QED) is 0.591. The van der Waals surface area contributed by atoms with Crippen molar-refractivity contribution in [1.29, 1.82) is 0 Å². The highest BCUT2D eigenvalue weighted by molar-refractivity contribution is 4.89. The summed E-state index contributed by atoms with van der Waals surface area (Å²) in [4.78, 5) is 0. The van der Waals surface area contributed by atoms with Crippen molar-refractivity contribution >= 4 is 0 Å². The lowest BCUT2D eigenvalue weighted by atomic mass is 9.88. The van der Waals surface area contributed by atoms with Crippen LogP contribution in [-0.2, 0) is 9.47 Å². The van der Waals surface area contributed by atoms with Crippen LogP contribution in [-0.4, -0.2) is 36.0 Å². The standard InChI is InChI=1S/C8H16O4/c1-11-7(9)5-3-4-6-8(7,10)12-2/h9-10H,3-6H2,1-2H3. The molecule has 1 aliphatic rings. The van der Waals surface area contributed by atoms with Gasteiger partial charge in [-0.2, -0.15) is 0 Å². The van der Waals surface area contributed by atoms with Crippen LogP contribution in [0.3, 0.4) is 0 Å². The van der Waals surface area contributed by atoms with E-state index in [4.69, 9.17) is 9.47 Å². The summed E-state index contributed by atoms with van der Waals surface area (Å²) in [7, 11) is 2.74. The van der Waals surface area contributed by atoms with E-state index in [1.807, 2.05) is 0 Å². The minimum absolute atomic E-state index is 0.411. The molecule has 1 aliphatic carbocycles. The maximum absolute atomic E-state index is 9.80. The zero-order valence-electron chi connectivity index (χ0n) is 7.54. The molecule has 2 atom stereocenters. The van der Waals surface area contributed by atoms with Gasteiger partial charge in [-0.25, -0.2) is 0 Å². The zero-order valence-corrected chi connectivity index (χ0v) is 7.54. The second-order valence-corrected chi connectivity index (χ2v) is 3.18. The Morgan fingerprint density at radius 2 is 1.25 bits per heavy atom. The van der Waals surface area contributed by atoms with Crippen LogP contribution < -0.4 is 0 Å². The van der Waals surface area contributed by atoms with Crippen LogP contribution in [0, 0.1) is 0 Å². The highest BCUT2D eigenvalue weighted by Crippen LogP contribution is 2.38. The molecular formula is C8H16O4. The molecule has 0 radical (unpaired) electrons. The van der Waals surface area contributed by atoms with Crippen molar-refractivity contribution in [1.82, 2.24) is 0 Å². The second-order valence-electron chi connectivity index (χ2n) is 3.18. The highest BCUT2D eigenvalue weighted by Gasteiger charge is 2.52. The van der Waals surface area contributed by atoms with Gasteiger partial charge in [-0.3, -0.25) is 0 Å². The van der Waals surface area contributed by atoms with E-state index in [0.717, 1.165) is 12.8 Å². The summed E-state index contributed by atoms with van der Waals surface area (Å²) >= 11 is 0. The lowest BCUT2D eigenvalue weighted by molar-refractivity contribution is -0.385. The fourth-order valence-corrected chi connectivity index (χ4v) is 1.64. The van der Waals surface area contributed by atoms with Crippen LogP contribution in [0.5, 0.6) is 0 Å². The molecule has 0 bridgehead atoms. The molecule has 4 heteroatoms. The minimum atomic E-state index is -1.54. The molecule has 0 spiro atoms. The topological polar surface area (TPSA) is 58.9 Å². The van der Waals surface area contributed by atoms with Gasteiger partial charge in [0.25, 0.3) is 0 Å². The Kier molecular flexibility index (Phi) is 2.73. The number of hydrogen-bond acceptors (Lipinski definition) is 4. The Morgan fingerprint density at radius 1 is 0.917 bits per heavy atom. The van der Waals surface area contributed by atoms with Crippen molar-refractivity contribution in [3.05, 3.63) is 0 Å². The third-order valence-corrected chi connectivity index (χ3v) is 2.57. The van der Waals surface area contributed by atoms with Gasteiger partial charge in [0.05, 0.1) is 0 Å². The summed E-state index contributed by atoms with van der Waals surface area (Å²) in [6.45, 7) is 0. The van der Waals surface area contributed by atoms with Gasteiger partial charge in [0.2, 0.25) is 11.6 Å². The van der Waals surface area contributed by atoms with E-state index in [-0.39, 0.29) is 0 Å². The van der Waals surface area contributed by atoms with Crippen LogP contribution in [0.25, 0.3) is 0 Å². The Hall–Kier alpha value is -0.160. The van der Waals surface area contributed by atoms with Crippen molar-refractivity contribution in [3.8, 4) is 0 Å². The van der Waals surface area contributed by atoms with E-state index in [9.17, 15) is 10.2 Å². The fourth-order valence-electron chi connectivity index (χ4n) is 1.64. The van der Waals surface area contributed by atoms with Gasteiger partial charge in [-0.1, -0.05) is 0 Å². The number of methoxy groups -OCH3 is 2. The average molecular weight is 176 g/mol. The van der Waals surface area contributed by atoms with Gasteiger partial charge in [0, 0.05) is 27.1 Å². The molecule has 0 aromatic carbocycles. The lowest BCUT2D eigenvalue weighted by Crippen LogP contribution is -2.58. The van der Waals surface area contributed by atoms with Crippen molar-refractivity contribution in [2.45, 2.75) is 37.3 Å². The predicted molar refractivity (Wildman–Crippen MR) is 42.4 cm³/mol. The second kappa shape index (κ2) is 3.30. The smallest absolute Gasteiger partial charge is 0.220 e. The largest absolute Gasteiger partial charge is 0.361 e. The van der Waals surface area contributed by atoms with Crippen molar-refractivity contribution in [3.63, 3.8) is 0 Å². The molecule has 1 fully saturated rings. The Bertz CT molecular complexity index is 143. The summed E-state index contributed by atoms with van der Waals surface area (Å²) in [6, 6.07) is 0. The average Bonchev–Trinajstić information content (AvgIpc) is 2.10. The van der Waals surface area contributed by atoms with E-state index in [2.05, 4.69) is 0 Å². The molecule has 2 unspecified atom stereocenters. The van der Waals surface area contributed by atoms with E-state index >= 15 is 0 Å². The van der Waals surface area contributed by atoms with Crippen LogP contribution >= 0.6 is 0 Å². The maximum atomic E-state index is 9.80. The van der Waals surface area contributed by atoms with Crippen LogP contribution in [0.1, 0.15) is 25.7 Å². The fraction of sp³-hybridized carbons (Fsp3) is 1.00. The summed E-state index contributed by atoms with van der Waals surface area (Å²) < 4.78 is 9.73. The van der Waals surface area contributed by atoms with Gasteiger partial charge < -0.3 is 19.7 Å². The molecule has 2 N–H and O–H groups in total.